The van der Waals surface area contributed by atoms with E-state index >= 15 is 0 Å². The summed E-state index contributed by atoms with van der Waals surface area (Å²) in [4.78, 5) is 20.3. The molecule has 0 saturated heterocycles. The molecule has 0 aromatic heterocycles. The van der Waals surface area contributed by atoms with Crippen LogP contribution in [0.3, 0.4) is 0 Å². The van der Waals surface area contributed by atoms with E-state index in [4.69, 9.17) is 9.63 Å². The molecule has 4 N–H and O–H groups in total. The van der Waals surface area contributed by atoms with E-state index in [2.05, 4.69) is 10.5 Å². The summed E-state index contributed by atoms with van der Waals surface area (Å²) in [5, 5.41) is 2.03. The van der Waals surface area contributed by atoms with E-state index in [-0.39, 0.29) is 12.0 Å². The van der Waals surface area contributed by atoms with E-state index in [0.29, 0.717) is 0 Å². The van der Waals surface area contributed by atoms with Gasteiger partial charge in [0.25, 0.3) is 0 Å². The second-order valence-electron chi connectivity index (χ2n) is 4.64. The Bertz CT molecular complexity index is 289. The van der Waals surface area contributed by atoms with Crippen LogP contribution >= 0.6 is 7.75 Å². The van der Waals surface area contributed by atoms with Crippen LogP contribution < -0.4 is 11.0 Å². The molecule has 0 bridgehead atoms. The van der Waals surface area contributed by atoms with Gasteiger partial charge in [-0.1, -0.05) is 20.8 Å². The Morgan fingerprint density at radius 1 is 1.56 bits per heavy atom. The molecule has 0 amide bonds. The molecule has 8 heteroatoms. The number of hydrogen-bond donors (Lipinski definition) is 3. The van der Waals surface area contributed by atoms with Crippen LogP contribution in [0, 0.1) is 5.41 Å². The molecule has 1 unspecified atom stereocenters. The molecule has 7 nitrogen and oxygen atoms in total. The highest BCUT2D eigenvalue weighted by atomic mass is 31.2. The summed E-state index contributed by atoms with van der Waals surface area (Å²) in [6, 6.07) is -0.971. The number of hydrogen-bond acceptors (Lipinski definition) is 5. The molecule has 96 valence electrons. The highest BCUT2D eigenvalue weighted by molar-refractivity contribution is 7.50. The standard InChI is InChI=1S/C8H19N2O5P/c1-6(10-16(12,13)15-9)7(11)14-5-8(2,3)4/h6H,5,9H2,1-4H3,(H2,10,12,13)/t6-/m0/s1. The van der Waals surface area contributed by atoms with E-state index in [1.54, 1.807) is 0 Å². The van der Waals surface area contributed by atoms with Crippen molar-refractivity contribution in [1.82, 2.24) is 5.09 Å². The van der Waals surface area contributed by atoms with Gasteiger partial charge in [0.1, 0.15) is 6.04 Å². The van der Waals surface area contributed by atoms with Gasteiger partial charge in [0.05, 0.1) is 6.61 Å². The number of nitrogens with one attached hydrogen (secondary N) is 1. The molecule has 0 heterocycles. The van der Waals surface area contributed by atoms with E-state index in [1.165, 1.54) is 6.92 Å². The predicted molar refractivity (Wildman–Crippen MR) is 58.1 cm³/mol. The minimum Gasteiger partial charge on any atom is -0.464 e. The average Bonchev–Trinajstić information content (AvgIpc) is 2.12. The fraction of sp³-hybridized carbons (Fsp3) is 0.875. The molecule has 16 heavy (non-hydrogen) atoms. The number of carbonyl (C=O) groups excluding carboxylic acids is 1. The van der Waals surface area contributed by atoms with Crippen molar-refractivity contribution >= 4 is 13.7 Å². The van der Waals surface area contributed by atoms with Gasteiger partial charge < -0.3 is 9.63 Å². The van der Waals surface area contributed by atoms with Gasteiger partial charge in [-0.25, -0.2) is 20.2 Å². The molecule has 0 saturated carbocycles. The minimum absolute atomic E-state index is 0.164. The average molecular weight is 254 g/mol. The first-order valence-electron chi connectivity index (χ1n) is 4.73. The number of esters is 1. The zero-order chi connectivity index (χ0) is 13.0. The molecule has 0 aliphatic heterocycles. The molecular formula is C8H19N2O5P. The van der Waals surface area contributed by atoms with Gasteiger partial charge in [-0.3, -0.25) is 4.79 Å². The lowest BCUT2D eigenvalue weighted by molar-refractivity contribution is -0.148. The van der Waals surface area contributed by atoms with Crippen molar-refractivity contribution in [3.05, 3.63) is 0 Å². The third-order valence-electron chi connectivity index (χ3n) is 1.50. The summed E-state index contributed by atoms with van der Waals surface area (Å²) < 4.78 is 19.7. The van der Waals surface area contributed by atoms with Crippen LogP contribution in [-0.4, -0.2) is 23.5 Å². The Morgan fingerprint density at radius 2 is 2.06 bits per heavy atom. The zero-order valence-electron chi connectivity index (χ0n) is 9.89. The van der Waals surface area contributed by atoms with Gasteiger partial charge >= 0.3 is 13.7 Å². The number of ether oxygens (including phenoxy) is 1. The Hall–Kier alpha value is -0.460. The van der Waals surface area contributed by atoms with Crippen molar-refractivity contribution in [2.45, 2.75) is 33.7 Å². The molecule has 0 fully saturated rings. The Kier molecular flexibility index (Phi) is 5.58. The fourth-order valence-electron chi connectivity index (χ4n) is 0.740. The molecule has 0 aromatic rings. The summed E-state index contributed by atoms with van der Waals surface area (Å²) >= 11 is 0. The summed E-state index contributed by atoms with van der Waals surface area (Å²) in [5.74, 6) is 3.93. The second-order valence-corrected chi connectivity index (χ2v) is 6.15. The van der Waals surface area contributed by atoms with Gasteiger partial charge in [0.2, 0.25) is 0 Å². The lowest BCUT2D eigenvalue weighted by atomic mass is 9.99. The van der Waals surface area contributed by atoms with Gasteiger partial charge in [-0.15, -0.1) is 0 Å². The molecule has 0 rings (SSSR count). The Labute approximate surface area is 94.8 Å². The first kappa shape index (κ1) is 15.5. The molecule has 0 aliphatic carbocycles. The predicted octanol–water partition coefficient (Wildman–Crippen LogP) is 0.544. The number of nitrogens with two attached hydrogens (primary N) is 1. The van der Waals surface area contributed by atoms with Crippen molar-refractivity contribution < 1.29 is 23.6 Å². The van der Waals surface area contributed by atoms with Crippen LogP contribution in [0.25, 0.3) is 0 Å². The van der Waals surface area contributed by atoms with Gasteiger partial charge in [-0.2, -0.15) is 0 Å². The van der Waals surface area contributed by atoms with Crippen LogP contribution in [0.5, 0.6) is 0 Å². The number of rotatable bonds is 5. The van der Waals surface area contributed by atoms with Gasteiger partial charge in [-0.05, 0) is 12.3 Å². The summed E-state index contributed by atoms with van der Waals surface area (Å²) in [7, 11) is -4.12. The third-order valence-corrected chi connectivity index (χ3v) is 2.50. The van der Waals surface area contributed by atoms with Crippen LogP contribution in [0.1, 0.15) is 27.7 Å². The van der Waals surface area contributed by atoms with Crippen molar-refractivity contribution in [3.63, 3.8) is 0 Å². The molecule has 2 atom stereocenters. The van der Waals surface area contributed by atoms with Gasteiger partial charge in [0.15, 0.2) is 0 Å². The second kappa shape index (κ2) is 5.75. The van der Waals surface area contributed by atoms with E-state index in [1.807, 2.05) is 25.9 Å². The first-order chi connectivity index (χ1) is 7.07. The highest BCUT2D eigenvalue weighted by Gasteiger charge is 2.27. The Morgan fingerprint density at radius 3 is 2.44 bits per heavy atom. The maximum absolute atomic E-state index is 11.4. The van der Waals surface area contributed by atoms with Crippen molar-refractivity contribution in [2.24, 2.45) is 11.3 Å². The van der Waals surface area contributed by atoms with Crippen LogP contribution in [0.2, 0.25) is 0 Å². The zero-order valence-corrected chi connectivity index (χ0v) is 10.8. The van der Waals surface area contributed by atoms with E-state index in [9.17, 15) is 9.36 Å². The molecular weight excluding hydrogens is 235 g/mol. The highest BCUT2D eigenvalue weighted by Crippen LogP contribution is 2.34. The van der Waals surface area contributed by atoms with Crippen LogP contribution in [0.4, 0.5) is 0 Å². The largest absolute Gasteiger partial charge is 0.464 e. The van der Waals surface area contributed by atoms with Crippen molar-refractivity contribution in [2.75, 3.05) is 6.61 Å². The summed E-state index contributed by atoms with van der Waals surface area (Å²) in [5.41, 5.74) is -0.164. The lowest BCUT2D eigenvalue weighted by Gasteiger charge is -2.20. The SMILES string of the molecule is C[C@H](NP(=O)(O)ON)C(=O)OCC(C)(C)C. The normalized spacial score (nSPS) is 17.6. The van der Waals surface area contributed by atoms with Crippen molar-refractivity contribution in [1.29, 1.82) is 0 Å². The topological polar surface area (TPSA) is 111 Å². The summed E-state index contributed by atoms with van der Waals surface area (Å²) in [6.45, 7) is 7.30. The minimum atomic E-state index is -4.12. The smallest absolute Gasteiger partial charge is 0.419 e. The molecule has 0 aliphatic rings. The molecule has 0 aromatic carbocycles. The monoisotopic (exact) mass is 254 g/mol. The maximum Gasteiger partial charge on any atom is 0.419 e. The number of carbonyl (C=O) groups is 1. The lowest BCUT2D eigenvalue weighted by Crippen LogP contribution is -2.35. The van der Waals surface area contributed by atoms with Gasteiger partial charge in [0, 0.05) is 0 Å². The fourth-order valence-corrected chi connectivity index (χ4v) is 1.40. The molecule has 0 spiro atoms. The maximum atomic E-state index is 11.4. The molecule has 0 radical (unpaired) electrons. The third kappa shape index (κ3) is 6.92. The van der Waals surface area contributed by atoms with E-state index < -0.39 is 19.8 Å². The quantitative estimate of drug-likeness (QED) is 0.373. The van der Waals surface area contributed by atoms with E-state index in [0.717, 1.165) is 0 Å². The van der Waals surface area contributed by atoms with Crippen LogP contribution in [-0.2, 0) is 18.7 Å². The van der Waals surface area contributed by atoms with Crippen LogP contribution in [0.15, 0.2) is 0 Å². The summed E-state index contributed by atoms with van der Waals surface area (Å²) in [6.07, 6.45) is 0. The first-order valence-corrected chi connectivity index (χ1v) is 6.31. The Balaban J connectivity index is 4.16. The van der Waals surface area contributed by atoms with Crippen molar-refractivity contribution in [3.8, 4) is 0 Å².